The minimum absolute atomic E-state index is 0.331. The maximum atomic E-state index is 11.0. The van der Waals surface area contributed by atoms with E-state index >= 15 is 0 Å². The summed E-state index contributed by atoms with van der Waals surface area (Å²) in [6, 6.07) is 6.34. The van der Waals surface area contributed by atoms with E-state index in [2.05, 4.69) is 0 Å². The number of aryl methyl sites for hydroxylation is 1. The molecule has 0 amide bonds. The molecule has 0 saturated carbocycles. The van der Waals surface area contributed by atoms with Gasteiger partial charge in [0.1, 0.15) is 0 Å². The van der Waals surface area contributed by atoms with E-state index in [0.29, 0.717) is 5.56 Å². The fraction of sp³-hybridized carbons (Fsp3) is 0.333. The highest BCUT2D eigenvalue weighted by Crippen LogP contribution is 2.26. The van der Waals surface area contributed by atoms with Crippen LogP contribution in [0.3, 0.4) is 0 Å². The van der Waals surface area contributed by atoms with Gasteiger partial charge in [-0.3, -0.25) is 19.7 Å². The Morgan fingerprint density at radius 3 is 2.05 bits per heavy atom. The normalized spacial score (nSPS) is 12.1. The summed E-state index contributed by atoms with van der Waals surface area (Å²) in [5.74, 6) is -6.21. The molecule has 102 valence electrons. The number of hydrogen-bond acceptors (Lipinski definition) is 4. The third-order valence-corrected chi connectivity index (χ3v) is 2.79. The largest absolute Gasteiger partial charge is 0.481 e. The van der Waals surface area contributed by atoms with Crippen LogP contribution in [0.15, 0.2) is 24.3 Å². The predicted molar refractivity (Wildman–Crippen MR) is 64.5 cm³/mol. The number of carbonyl (C=O) groups is 2. The third-order valence-electron chi connectivity index (χ3n) is 2.79. The molecule has 0 fully saturated rings. The Labute approximate surface area is 108 Å². The fourth-order valence-electron chi connectivity index (χ4n) is 1.83. The molecule has 0 aliphatic carbocycles. The SMILES string of the molecule is Cc1ccc(C(C[N+](=O)[O-])C(C(=O)O)C(=O)O)cc1. The quantitative estimate of drug-likeness (QED) is 0.453. The van der Waals surface area contributed by atoms with E-state index in [1.807, 2.05) is 0 Å². The highest BCUT2D eigenvalue weighted by Gasteiger charge is 2.39. The maximum Gasteiger partial charge on any atom is 0.318 e. The first-order chi connectivity index (χ1) is 8.82. The molecule has 2 N–H and O–H groups in total. The molecule has 0 aliphatic heterocycles. The lowest BCUT2D eigenvalue weighted by atomic mass is 9.85. The molecule has 19 heavy (non-hydrogen) atoms. The molecule has 1 unspecified atom stereocenters. The Bertz CT molecular complexity index is 481. The smallest absolute Gasteiger partial charge is 0.318 e. The lowest BCUT2D eigenvalue weighted by molar-refractivity contribution is -0.484. The van der Waals surface area contributed by atoms with Gasteiger partial charge in [0.2, 0.25) is 6.54 Å². The van der Waals surface area contributed by atoms with Crippen LogP contribution in [0, 0.1) is 23.0 Å². The molecular formula is C12H13NO6. The summed E-state index contributed by atoms with van der Waals surface area (Å²) >= 11 is 0. The zero-order valence-electron chi connectivity index (χ0n) is 10.1. The highest BCUT2D eigenvalue weighted by atomic mass is 16.6. The van der Waals surface area contributed by atoms with Crippen molar-refractivity contribution in [1.29, 1.82) is 0 Å². The van der Waals surface area contributed by atoms with Crippen molar-refractivity contribution < 1.29 is 24.7 Å². The molecule has 0 heterocycles. The lowest BCUT2D eigenvalue weighted by Gasteiger charge is -2.17. The number of rotatable bonds is 6. The first-order valence-corrected chi connectivity index (χ1v) is 5.47. The second-order valence-corrected chi connectivity index (χ2v) is 4.19. The van der Waals surface area contributed by atoms with Crippen molar-refractivity contribution in [3.8, 4) is 0 Å². The molecule has 0 spiro atoms. The summed E-state index contributed by atoms with van der Waals surface area (Å²) in [5.41, 5.74) is 1.22. The summed E-state index contributed by atoms with van der Waals surface area (Å²) in [6.45, 7) is 1.06. The molecule has 1 atom stereocenters. The van der Waals surface area contributed by atoms with Crippen LogP contribution in [-0.4, -0.2) is 33.6 Å². The third kappa shape index (κ3) is 3.77. The van der Waals surface area contributed by atoms with Crippen molar-refractivity contribution in [3.63, 3.8) is 0 Å². The van der Waals surface area contributed by atoms with E-state index in [1.165, 1.54) is 12.1 Å². The minimum Gasteiger partial charge on any atom is -0.481 e. The van der Waals surface area contributed by atoms with Crippen molar-refractivity contribution in [1.82, 2.24) is 0 Å². The molecule has 0 aromatic heterocycles. The first kappa shape index (κ1) is 14.6. The van der Waals surface area contributed by atoms with Gasteiger partial charge < -0.3 is 10.2 Å². The van der Waals surface area contributed by atoms with Gasteiger partial charge in [-0.2, -0.15) is 0 Å². The lowest BCUT2D eigenvalue weighted by Crippen LogP contribution is -2.33. The number of benzene rings is 1. The molecular weight excluding hydrogens is 254 g/mol. The van der Waals surface area contributed by atoms with E-state index < -0.39 is 35.2 Å². The summed E-state index contributed by atoms with van der Waals surface area (Å²) in [7, 11) is 0. The first-order valence-electron chi connectivity index (χ1n) is 5.47. The Kier molecular flexibility index (Phi) is 4.57. The van der Waals surface area contributed by atoms with Crippen LogP contribution in [0.25, 0.3) is 0 Å². The number of nitro groups is 1. The maximum absolute atomic E-state index is 11.0. The number of hydrogen-bond donors (Lipinski definition) is 2. The summed E-state index contributed by atoms with van der Waals surface area (Å²) in [6.07, 6.45) is 0. The van der Waals surface area contributed by atoms with Gasteiger partial charge >= 0.3 is 11.9 Å². The molecule has 7 nitrogen and oxygen atoms in total. The van der Waals surface area contributed by atoms with Gasteiger partial charge in [0.25, 0.3) is 0 Å². The van der Waals surface area contributed by atoms with Crippen LogP contribution in [0.2, 0.25) is 0 Å². The molecule has 1 aromatic rings. The Morgan fingerprint density at radius 1 is 1.21 bits per heavy atom. The van der Waals surface area contributed by atoms with Crippen molar-refractivity contribution >= 4 is 11.9 Å². The topological polar surface area (TPSA) is 118 Å². The van der Waals surface area contributed by atoms with Crippen LogP contribution in [0.4, 0.5) is 0 Å². The Morgan fingerprint density at radius 2 is 1.68 bits per heavy atom. The average molecular weight is 267 g/mol. The van der Waals surface area contributed by atoms with Gasteiger partial charge in [-0.05, 0) is 12.5 Å². The van der Waals surface area contributed by atoms with Crippen LogP contribution in [0.1, 0.15) is 17.0 Å². The molecule has 0 bridgehead atoms. The molecule has 1 rings (SSSR count). The van der Waals surface area contributed by atoms with Gasteiger partial charge in [0.15, 0.2) is 5.92 Å². The van der Waals surface area contributed by atoms with E-state index in [9.17, 15) is 19.7 Å². The zero-order valence-corrected chi connectivity index (χ0v) is 10.1. The fourth-order valence-corrected chi connectivity index (χ4v) is 1.83. The number of carboxylic acid groups (broad SMARTS) is 2. The van der Waals surface area contributed by atoms with Crippen LogP contribution < -0.4 is 0 Å². The van der Waals surface area contributed by atoms with Crippen LogP contribution in [-0.2, 0) is 9.59 Å². The monoisotopic (exact) mass is 267 g/mol. The van der Waals surface area contributed by atoms with E-state index in [-0.39, 0.29) is 0 Å². The van der Waals surface area contributed by atoms with Gasteiger partial charge in [0, 0.05) is 4.92 Å². The van der Waals surface area contributed by atoms with Crippen molar-refractivity contribution in [2.45, 2.75) is 12.8 Å². The number of nitrogens with zero attached hydrogens (tertiary/aromatic N) is 1. The highest BCUT2D eigenvalue weighted by molar-refractivity contribution is 5.94. The average Bonchev–Trinajstić information content (AvgIpc) is 2.27. The Balaban J connectivity index is 3.19. The van der Waals surface area contributed by atoms with E-state index in [0.717, 1.165) is 5.56 Å². The van der Waals surface area contributed by atoms with Gasteiger partial charge in [0.05, 0.1) is 5.92 Å². The number of carboxylic acids is 2. The molecule has 7 heteroatoms. The predicted octanol–water partition coefficient (Wildman–Crippen LogP) is 1.14. The molecule has 1 aromatic carbocycles. The standard InChI is InChI=1S/C12H13NO6/c1-7-2-4-8(5-3-7)9(6-13(18)19)10(11(14)15)12(16)17/h2-5,9-10H,6H2,1H3,(H,14,15)(H,16,17). The second kappa shape index (κ2) is 5.94. The number of aliphatic carboxylic acids is 2. The molecule has 0 aliphatic rings. The van der Waals surface area contributed by atoms with Crippen molar-refractivity contribution in [3.05, 3.63) is 45.5 Å². The summed E-state index contributed by atoms with van der Waals surface area (Å²) < 4.78 is 0. The van der Waals surface area contributed by atoms with Gasteiger partial charge in [-0.25, -0.2) is 0 Å². The minimum atomic E-state index is -1.84. The van der Waals surface area contributed by atoms with Crippen molar-refractivity contribution in [2.24, 2.45) is 5.92 Å². The Hall–Kier alpha value is -2.44. The van der Waals surface area contributed by atoms with Gasteiger partial charge in [-0.15, -0.1) is 0 Å². The van der Waals surface area contributed by atoms with E-state index in [1.54, 1.807) is 19.1 Å². The zero-order chi connectivity index (χ0) is 14.6. The van der Waals surface area contributed by atoms with Crippen LogP contribution >= 0.6 is 0 Å². The van der Waals surface area contributed by atoms with E-state index in [4.69, 9.17) is 10.2 Å². The molecule has 0 radical (unpaired) electrons. The summed E-state index contributed by atoms with van der Waals surface area (Å²) in [5, 5.41) is 28.5. The van der Waals surface area contributed by atoms with Crippen molar-refractivity contribution in [2.75, 3.05) is 6.54 Å². The summed E-state index contributed by atoms with van der Waals surface area (Å²) in [4.78, 5) is 31.9. The van der Waals surface area contributed by atoms with Crippen LogP contribution in [0.5, 0.6) is 0 Å². The second-order valence-electron chi connectivity index (χ2n) is 4.19. The molecule has 0 saturated heterocycles. The van der Waals surface area contributed by atoms with Gasteiger partial charge in [-0.1, -0.05) is 29.8 Å².